The molecule has 1 aliphatic carbocycles. The van der Waals surface area contributed by atoms with Crippen LogP contribution < -0.4 is 5.32 Å². The molecule has 0 atom stereocenters. The number of carbonyl (C=O) groups is 4. The van der Waals surface area contributed by atoms with Crippen LogP contribution in [0.1, 0.15) is 48.9 Å². The van der Waals surface area contributed by atoms with E-state index in [0.717, 1.165) is 12.8 Å². The fourth-order valence-electron chi connectivity index (χ4n) is 3.52. The molecule has 0 unspecified atom stereocenters. The number of Topliss-reactive ketones (excluding diaryl/α,β-unsaturated/α-hetero) is 1. The van der Waals surface area contributed by atoms with E-state index in [9.17, 15) is 19.2 Å². The summed E-state index contributed by atoms with van der Waals surface area (Å²) >= 11 is 5.76. The summed E-state index contributed by atoms with van der Waals surface area (Å²) in [5.41, 5.74) is -0.323. The molecule has 1 aliphatic heterocycles. The zero-order valence-electron chi connectivity index (χ0n) is 14.8. The molecule has 8 heteroatoms. The number of hydrogen-bond donors (Lipinski definition) is 1. The molecule has 27 heavy (non-hydrogen) atoms. The lowest BCUT2D eigenvalue weighted by atomic mass is 9.98. The Labute approximate surface area is 162 Å². The van der Waals surface area contributed by atoms with Gasteiger partial charge in [-0.05, 0) is 43.5 Å². The number of urea groups is 1. The number of halogens is 1. The molecule has 3 amide bonds. The van der Waals surface area contributed by atoms with Crippen LogP contribution in [0, 0.1) is 0 Å². The summed E-state index contributed by atoms with van der Waals surface area (Å²) in [6, 6.07) is 5.91. The molecule has 0 aromatic heterocycles. The molecule has 3 rings (SSSR count). The minimum atomic E-state index is -0.734. The number of nitrogens with zero attached hydrogens (tertiary/aromatic N) is 1. The van der Waals surface area contributed by atoms with E-state index in [1.165, 1.54) is 4.90 Å². The number of amides is 3. The largest absolute Gasteiger partial charge is 0.457 e. The third-order valence-electron chi connectivity index (χ3n) is 5.00. The maximum Gasteiger partial charge on any atom is 0.325 e. The highest BCUT2D eigenvalue weighted by Gasteiger charge is 2.52. The van der Waals surface area contributed by atoms with E-state index >= 15 is 0 Å². The average Bonchev–Trinajstić information content (AvgIpc) is 3.20. The van der Waals surface area contributed by atoms with Gasteiger partial charge >= 0.3 is 12.0 Å². The Balaban J connectivity index is 1.41. The summed E-state index contributed by atoms with van der Waals surface area (Å²) in [6.07, 6.45) is 3.51. The van der Waals surface area contributed by atoms with Crippen molar-refractivity contribution in [2.75, 3.05) is 13.2 Å². The third-order valence-corrected chi connectivity index (χ3v) is 5.25. The van der Waals surface area contributed by atoms with Crippen LogP contribution in [0.25, 0.3) is 0 Å². The van der Waals surface area contributed by atoms with Crippen LogP contribution in [0.15, 0.2) is 24.3 Å². The molecule has 1 aromatic carbocycles. The fourth-order valence-corrected chi connectivity index (χ4v) is 3.64. The number of rotatable bonds is 7. The number of imide groups is 1. The van der Waals surface area contributed by atoms with E-state index in [4.69, 9.17) is 16.3 Å². The molecule has 1 saturated heterocycles. The Bertz CT molecular complexity index is 756. The minimum Gasteiger partial charge on any atom is -0.457 e. The van der Waals surface area contributed by atoms with Gasteiger partial charge in [0.15, 0.2) is 12.4 Å². The van der Waals surface area contributed by atoms with Gasteiger partial charge in [-0.1, -0.05) is 24.4 Å². The second-order valence-electron chi connectivity index (χ2n) is 6.87. The zero-order valence-corrected chi connectivity index (χ0v) is 15.6. The van der Waals surface area contributed by atoms with Gasteiger partial charge in [0.1, 0.15) is 5.54 Å². The first-order valence-electron chi connectivity index (χ1n) is 9.00. The standard InChI is InChI=1S/C19H21ClN2O5/c20-14-7-5-13(6-8-14)15(23)12-27-16(24)4-3-11-22-17(25)19(21-18(22)26)9-1-2-10-19/h5-8H,1-4,9-12H2,(H,21,26). The number of ether oxygens (including phenoxy) is 1. The second-order valence-corrected chi connectivity index (χ2v) is 7.31. The Morgan fingerprint density at radius 1 is 1.15 bits per heavy atom. The predicted octanol–water partition coefficient (Wildman–Crippen LogP) is 2.71. The molecule has 2 fully saturated rings. The molecule has 0 radical (unpaired) electrons. The Kier molecular flexibility index (Phi) is 5.79. The maximum atomic E-state index is 12.5. The quantitative estimate of drug-likeness (QED) is 0.437. The van der Waals surface area contributed by atoms with Crippen LogP contribution in [0.5, 0.6) is 0 Å². The normalized spacial score (nSPS) is 18.0. The van der Waals surface area contributed by atoms with Crippen molar-refractivity contribution in [2.45, 2.75) is 44.1 Å². The van der Waals surface area contributed by atoms with Crippen molar-refractivity contribution in [3.63, 3.8) is 0 Å². The SMILES string of the molecule is O=C(CCCN1C(=O)NC2(CCCC2)C1=O)OCC(=O)c1ccc(Cl)cc1. The molecule has 7 nitrogen and oxygen atoms in total. The van der Waals surface area contributed by atoms with Gasteiger partial charge in [0.2, 0.25) is 0 Å². The average molecular weight is 393 g/mol. The van der Waals surface area contributed by atoms with Crippen molar-refractivity contribution in [1.82, 2.24) is 10.2 Å². The Morgan fingerprint density at radius 2 is 1.81 bits per heavy atom. The number of esters is 1. The molecule has 2 aliphatic rings. The van der Waals surface area contributed by atoms with Crippen molar-refractivity contribution in [3.05, 3.63) is 34.9 Å². The van der Waals surface area contributed by atoms with Crippen LogP contribution >= 0.6 is 11.6 Å². The predicted molar refractivity (Wildman–Crippen MR) is 97.4 cm³/mol. The monoisotopic (exact) mass is 392 g/mol. The Morgan fingerprint density at radius 3 is 2.48 bits per heavy atom. The number of benzene rings is 1. The van der Waals surface area contributed by atoms with E-state index in [1.807, 2.05) is 0 Å². The molecule has 1 heterocycles. The van der Waals surface area contributed by atoms with Gasteiger partial charge in [0, 0.05) is 23.6 Å². The highest BCUT2D eigenvalue weighted by Crippen LogP contribution is 2.35. The van der Waals surface area contributed by atoms with Crippen molar-refractivity contribution < 1.29 is 23.9 Å². The number of ketones is 1. The van der Waals surface area contributed by atoms with Gasteiger partial charge < -0.3 is 10.1 Å². The van der Waals surface area contributed by atoms with Crippen LogP contribution in [-0.2, 0) is 14.3 Å². The van der Waals surface area contributed by atoms with E-state index in [0.29, 0.717) is 29.8 Å². The van der Waals surface area contributed by atoms with Crippen molar-refractivity contribution >= 4 is 35.3 Å². The number of hydrogen-bond acceptors (Lipinski definition) is 5. The van der Waals surface area contributed by atoms with Gasteiger partial charge in [-0.15, -0.1) is 0 Å². The third kappa shape index (κ3) is 4.30. The summed E-state index contributed by atoms with van der Waals surface area (Å²) in [5, 5.41) is 3.31. The number of nitrogens with one attached hydrogen (secondary N) is 1. The molecular weight excluding hydrogens is 372 g/mol. The molecule has 1 N–H and O–H groups in total. The molecule has 1 spiro atoms. The summed E-state index contributed by atoms with van der Waals surface area (Å²) in [5.74, 6) is -1.06. The molecule has 144 valence electrons. The molecule has 0 bridgehead atoms. The molecule has 1 aromatic rings. The Hall–Kier alpha value is -2.41. The van der Waals surface area contributed by atoms with Gasteiger partial charge in [0.25, 0.3) is 5.91 Å². The lowest BCUT2D eigenvalue weighted by Gasteiger charge is -2.19. The number of carbonyl (C=O) groups excluding carboxylic acids is 4. The van der Waals surface area contributed by atoms with E-state index in [-0.39, 0.29) is 31.3 Å². The molecule has 1 saturated carbocycles. The topological polar surface area (TPSA) is 92.8 Å². The molecular formula is C19H21ClN2O5. The lowest BCUT2D eigenvalue weighted by molar-refractivity contribution is -0.143. The van der Waals surface area contributed by atoms with E-state index < -0.39 is 17.5 Å². The second kappa shape index (κ2) is 8.08. The van der Waals surface area contributed by atoms with Crippen LogP contribution in [0.3, 0.4) is 0 Å². The maximum absolute atomic E-state index is 12.5. The lowest BCUT2D eigenvalue weighted by Crippen LogP contribution is -2.44. The van der Waals surface area contributed by atoms with Gasteiger partial charge in [0.05, 0.1) is 0 Å². The van der Waals surface area contributed by atoms with Crippen molar-refractivity contribution in [1.29, 1.82) is 0 Å². The van der Waals surface area contributed by atoms with Crippen molar-refractivity contribution in [3.8, 4) is 0 Å². The minimum absolute atomic E-state index is 0.0258. The zero-order chi connectivity index (χ0) is 19.4. The summed E-state index contributed by atoms with van der Waals surface area (Å²) in [4.78, 5) is 49.5. The summed E-state index contributed by atoms with van der Waals surface area (Å²) in [6.45, 7) is -0.195. The van der Waals surface area contributed by atoms with Crippen molar-refractivity contribution in [2.24, 2.45) is 0 Å². The van der Waals surface area contributed by atoms with Crippen LogP contribution in [0.4, 0.5) is 4.79 Å². The first kappa shape index (κ1) is 19.4. The first-order valence-corrected chi connectivity index (χ1v) is 9.38. The van der Waals surface area contributed by atoms with Gasteiger partial charge in [-0.25, -0.2) is 4.79 Å². The fraction of sp³-hybridized carbons (Fsp3) is 0.474. The van der Waals surface area contributed by atoms with Crippen LogP contribution in [-0.4, -0.2) is 47.3 Å². The van der Waals surface area contributed by atoms with E-state index in [2.05, 4.69) is 5.32 Å². The highest BCUT2D eigenvalue weighted by molar-refractivity contribution is 6.30. The van der Waals surface area contributed by atoms with Gasteiger partial charge in [-0.2, -0.15) is 0 Å². The van der Waals surface area contributed by atoms with E-state index in [1.54, 1.807) is 24.3 Å². The van der Waals surface area contributed by atoms with Crippen LogP contribution in [0.2, 0.25) is 5.02 Å². The smallest absolute Gasteiger partial charge is 0.325 e. The van der Waals surface area contributed by atoms with Gasteiger partial charge in [-0.3, -0.25) is 19.3 Å². The highest BCUT2D eigenvalue weighted by atomic mass is 35.5. The first-order chi connectivity index (χ1) is 12.9. The summed E-state index contributed by atoms with van der Waals surface area (Å²) in [7, 11) is 0. The summed E-state index contributed by atoms with van der Waals surface area (Å²) < 4.78 is 4.97.